The number of nitrogens with zero attached hydrogens (tertiary/aromatic N) is 6. The van der Waals surface area contributed by atoms with Crippen LogP contribution in [-0.4, -0.2) is 49.8 Å². The Balaban J connectivity index is 1.66. The molecule has 1 fully saturated rings. The fourth-order valence-corrected chi connectivity index (χ4v) is 2.73. The number of nitrogens with one attached hydrogen (secondary N) is 1. The molecule has 0 unspecified atom stereocenters. The van der Waals surface area contributed by atoms with Crippen LogP contribution in [0.25, 0.3) is 0 Å². The molecule has 2 aromatic heterocycles. The number of aryl methyl sites for hydroxylation is 2. The lowest BCUT2D eigenvalue weighted by Crippen LogP contribution is -2.48. The second kappa shape index (κ2) is 5.55. The highest BCUT2D eigenvalue weighted by molar-refractivity contribution is 5.92. The molecule has 3 heterocycles. The molecule has 0 saturated carbocycles. The first-order chi connectivity index (χ1) is 10.1. The molecular weight excluding hydrogens is 270 g/mol. The highest BCUT2D eigenvalue weighted by Crippen LogP contribution is 2.19. The maximum atomic E-state index is 12.2. The Labute approximate surface area is 122 Å². The zero-order chi connectivity index (χ0) is 14.8. The van der Waals surface area contributed by atoms with Gasteiger partial charge in [-0.15, -0.1) is 5.10 Å². The molecule has 3 rings (SSSR count). The molecule has 8 heteroatoms. The van der Waals surface area contributed by atoms with Gasteiger partial charge in [0.25, 0.3) is 5.91 Å². The summed E-state index contributed by atoms with van der Waals surface area (Å²) in [5, 5.41) is 14.8. The maximum absolute atomic E-state index is 12.2. The van der Waals surface area contributed by atoms with Gasteiger partial charge >= 0.3 is 0 Å². The topological polar surface area (TPSA) is 80.9 Å². The van der Waals surface area contributed by atoms with Crippen molar-refractivity contribution < 1.29 is 4.79 Å². The van der Waals surface area contributed by atoms with Crippen LogP contribution >= 0.6 is 0 Å². The van der Waals surface area contributed by atoms with E-state index in [2.05, 4.69) is 25.6 Å². The van der Waals surface area contributed by atoms with Gasteiger partial charge in [0.15, 0.2) is 0 Å². The standard InChI is InChI=1S/C13H19N7O/c1-18-11(8-14-17-18)13(21)16-10-4-3-7-20(9-10)12-5-6-15-19(12)2/h5-6,8,10H,3-4,7,9H2,1-2H3,(H,16,21)/t10-/m0/s1. The zero-order valence-corrected chi connectivity index (χ0v) is 12.2. The van der Waals surface area contributed by atoms with Gasteiger partial charge in [-0.2, -0.15) is 5.10 Å². The number of aromatic nitrogens is 5. The van der Waals surface area contributed by atoms with Gasteiger partial charge in [-0.3, -0.25) is 9.48 Å². The minimum absolute atomic E-state index is 0.121. The number of piperidine rings is 1. The Kier molecular flexibility index (Phi) is 3.59. The SMILES string of the molecule is Cn1nncc1C(=O)N[C@H]1CCCN(c2ccnn2C)C1. The molecule has 1 saturated heterocycles. The Hall–Kier alpha value is -2.38. The summed E-state index contributed by atoms with van der Waals surface area (Å²) in [6, 6.07) is 2.12. The lowest BCUT2D eigenvalue weighted by Gasteiger charge is -2.34. The predicted molar refractivity (Wildman–Crippen MR) is 76.9 cm³/mol. The van der Waals surface area contributed by atoms with Crippen LogP contribution in [0.4, 0.5) is 5.82 Å². The van der Waals surface area contributed by atoms with Crippen LogP contribution in [0.2, 0.25) is 0 Å². The lowest BCUT2D eigenvalue weighted by molar-refractivity contribution is 0.0923. The number of amides is 1. The lowest BCUT2D eigenvalue weighted by atomic mass is 10.1. The molecule has 0 bridgehead atoms. The predicted octanol–water partition coefficient (Wildman–Crippen LogP) is -0.0526. The van der Waals surface area contributed by atoms with Crippen molar-refractivity contribution >= 4 is 11.7 Å². The average molecular weight is 289 g/mol. The van der Waals surface area contributed by atoms with Gasteiger partial charge in [0.05, 0.1) is 12.4 Å². The summed E-state index contributed by atoms with van der Waals surface area (Å²) < 4.78 is 3.34. The van der Waals surface area contributed by atoms with E-state index in [9.17, 15) is 4.79 Å². The first-order valence-corrected chi connectivity index (χ1v) is 7.03. The van der Waals surface area contributed by atoms with Gasteiger partial charge < -0.3 is 10.2 Å². The smallest absolute Gasteiger partial charge is 0.271 e. The van der Waals surface area contributed by atoms with E-state index in [0.717, 1.165) is 31.7 Å². The molecule has 0 radical (unpaired) electrons. The molecule has 2 aromatic rings. The summed E-state index contributed by atoms with van der Waals surface area (Å²) in [6.45, 7) is 1.77. The number of carbonyl (C=O) groups is 1. The van der Waals surface area contributed by atoms with Gasteiger partial charge in [0.1, 0.15) is 11.5 Å². The third kappa shape index (κ3) is 2.74. The molecule has 1 amide bonds. The Morgan fingerprint density at radius 2 is 2.24 bits per heavy atom. The van der Waals surface area contributed by atoms with Crippen LogP contribution in [0.15, 0.2) is 18.5 Å². The van der Waals surface area contributed by atoms with Crippen LogP contribution < -0.4 is 10.2 Å². The van der Waals surface area contributed by atoms with Gasteiger partial charge in [-0.25, -0.2) is 4.68 Å². The minimum Gasteiger partial charge on any atom is -0.355 e. The van der Waals surface area contributed by atoms with Gasteiger partial charge in [-0.05, 0) is 12.8 Å². The second-order valence-electron chi connectivity index (χ2n) is 5.31. The van der Waals surface area contributed by atoms with E-state index in [1.54, 1.807) is 13.2 Å². The average Bonchev–Trinajstić information content (AvgIpc) is 3.07. The third-order valence-electron chi connectivity index (χ3n) is 3.82. The van der Waals surface area contributed by atoms with Crippen molar-refractivity contribution in [2.24, 2.45) is 14.1 Å². The van der Waals surface area contributed by atoms with Crippen molar-refractivity contribution in [3.8, 4) is 0 Å². The Bertz CT molecular complexity index is 632. The maximum Gasteiger partial charge on any atom is 0.271 e. The van der Waals surface area contributed by atoms with Crippen molar-refractivity contribution in [1.29, 1.82) is 0 Å². The normalized spacial score (nSPS) is 18.8. The minimum atomic E-state index is -0.126. The van der Waals surface area contributed by atoms with Crippen LogP contribution in [0, 0.1) is 0 Å². The van der Waals surface area contributed by atoms with Crippen LogP contribution in [0.1, 0.15) is 23.3 Å². The molecule has 0 aliphatic carbocycles. The Morgan fingerprint density at radius 1 is 1.38 bits per heavy atom. The van der Waals surface area contributed by atoms with E-state index < -0.39 is 0 Å². The summed E-state index contributed by atoms with van der Waals surface area (Å²) in [4.78, 5) is 14.5. The number of hydrogen-bond donors (Lipinski definition) is 1. The van der Waals surface area contributed by atoms with Crippen molar-refractivity contribution in [3.63, 3.8) is 0 Å². The quantitative estimate of drug-likeness (QED) is 0.856. The molecule has 112 valence electrons. The third-order valence-corrected chi connectivity index (χ3v) is 3.82. The molecule has 0 spiro atoms. The van der Waals surface area contributed by atoms with Gasteiger partial charge in [-0.1, -0.05) is 5.21 Å². The van der Waals surface area contributed by atoms with E-state index in [0.29, 0.717) is 5.69 Å². The largest absolute Gasteiger partial charge is 0.355 e. The van der Waals surface area contributed by atoms with Crippen LogP contribution in [-0.2, 0) is 14.1 Å². The summed E-state index contributed by atoms with van der Waals surface area (Å²) in [6.07, 6.45) is 5.29. The first kappa shape index (κ1) is 13.6. The molecular formula is C13H19N7O. The molecule has 1 N–H and O–H groups in total. The molecule has 8 nitrogen and oxygen atoms in total. The molecule has 1 atom stereocenters. The molecule has 21 heavy (non-hydrogen) atoms. The highest BCUT2D eigenvalue weighted by atomic mass is 16.2. The zero-order valence-electron chi connectivity index (χ0n) is 12.2. The van der Waals surface area contributed by atoms with Crippen molar-refractivity contribution in [1.82, 2.24) is 30.1 Å². The van der Waals surface area contributed by atoms with Crippen LogP contribution in [0.5, 0.6) is 0 Å². The number of hydrogen-bond acceptors (Lipinski definition) is 5. The van der Waals surface area contributed by atoms with Crippen molar-refractivity contribution in [2.75, 3.05) is 18.0 Å². The fourth-order valence-electron chi connectivity index (χ4n) is 2.73. The van der Waals surface area contributed by atoms with E-state index in [1.807, 2.05) is 17.8 Å². The number of rotatable bonds is 3. The summed E-state index contributed by atoms with van der Waals surface area (Å²) in [7, 11) is 3.64. The fraction of sp³-hybridized carbons (Fsp3) is 0.538. The van der Waals surface area contributed by atoms with Crippen LogP contribution in [0.3, 0.4) is 0 Å². The Morgan fingerprint density at radius 3 is 2.90 bits per heavy atom. The van der Waals surface area contributed by atoms with E-state index in [4.69, 9.17) is 0 Å². The van der Waals surface area contributed by atoms with Crippen molar-refractivity contribution in [3.05, 3.63) is 24.2 Å². The number of anilines is 1. The highest BCUT2D eigenvalue weighted by Gasteiger charge is 2.24. The molecule has 0 aromatic carbocycles. The van der Waals surface area contributed by atoms with Gasteiger partial charge in [0.2, 0.25) is 0 Å². The first-order valence-electron chi connectivity index (χ1n) is 7.03. The summed E-state index contributed by atoms with van der Waals surface area (Å²) in [5.41, 5.74) is 0.479. The van der Waals surface area contributed by atoms with E-state index in [-0.39, 0.29) is 11.9 Å². The summed E-state index contributed by atoms with van der Waals surface area (Å²) >= 11 is 0. The monoisotopic (exact) mass is 289 g/mol. The summed E-state index contributed by atoms with van der Waals surface area (Å²) in [5.74, 6) is 0.954. The van der Waals surface area contributed by atoms with Gasteiger partial charge in [0, 0.05) is 39.3 Å². The number of carbonyl (C=O) groups excluding carboxylic acids is 1. The molecule has 1 aliphatic rings. The second-order valence-corrected chi connectivity index (χ2v) is 5.31. The van der Waals surface area contributed by atoms with Crippen molar-refractivity contribution in [2.45, 2.75) is 18.9 Å². The van der Waals surface area contributed by atoms with E-state index in [1.165, 1.54) is 10.9 Å². The van der Waals surface area contributed by atoms with E-state index >= 15 is 0 Å². The molecule has 1 aliphatic heterocycles.